The largest absolute Gasteiger partial charge is 0.443 e. The molecule has 86 valence electrons. The number of anilines is 1. The van der Waals surface area contributed by atoms with E-state index in [9.17, 15) is 4.79 Å². The first kappa shape index (κ1) is 11.8. The molecular formula is C11H12BrNO2S. The van der Waals surface area contributed by atoms with Crippen molar-refractivity contribution in [1.29, 1.82) is 0 Å². The van der Waals surface area contributed by atoms with Crippen LogP contribution in [0.5, 0.6) is 0 Å². The van der Waals surface area contributed by atoms with E-state index in [1.54, 1.807) is 16.7 Å². The Balaban J connectivity index is 2.20. The van der Waals surface area contributed by atoms with Crippen molar-refractivity contribution in [2.45, 2.75) is 11.0 Å². The zero-order valence-corrected chi connectivity index (χ0v) is 11.3. The van der Waals surface area contributed by atoms with Gasteiger partial charge in [0.2, 0.25) is 0 Å². The monoisotopic (exact) mass is 301 g/mol. The summed E-state index contributed by atoms with van der Waals surface area (Å²) in [5.74, 6) is 0. The molecule has 1 aliphatic rings. The number of ether oxygens (including phenoxy) is 1. The maximum atomic E-state index is 11.6. The maximum absolute atomic E-state index is 11.6. The predicted molar refractivity (Wildman–Crippen MR) is 69.6 cm³/mol. The van der Waals surface area contributed by atoms with E-state index in [4.69, 9.17) is 4.74 Å². The molecule has 1 atom stereocenters. The minimum Gasteiger partial charge on any atom is -0.443 e. The SMILES string of the molecule is CSc1cccc(N2CC(CBr)OC2=O)c1. The standard InChI is InChI=1S/C11H12BrNO2S/c1-16-10-4-2-3-8(5-10)13-7-9(6-12)15-11(13)14/h2-5,9H,6-7H2,1H3. The van der Waals surface area contributed by atoms with Gasteiger partial charge in [0.25, 0.3) is 0 Å². The second-order valence-corrected chi connectivity index (χ2v) is 5.00. The van der Waals surface area contributed by atoms with Crippen LogP contribution in [0.1, 0.15) is 0 Å². The van der Waals surface area contributed by atoms with Crippen LogP contribution < -0.4 is 4.90 Å². The first-order valence-electron chi connectivity index (χ1n) is 4.92. The Kier molecular flexibility index (Phi) is 3.76. The molecule has 16 heavy (non-hydrogen) atoms. The van der Waals surface area contributed by atoms with Crippen molar-refractivity contribution in [3.63, 3.8) is 0 Å². The van der Waals surface area contributed by atoms with Gasteiger partial charge in [0.15, 0.2) is 0 Å². The fourth-order valence-electron chi connectivity index (χ4n) is 1.59. The Bertz CT molecular complexity index is 399. The van der Waals surface area contributed by atoms with Crippen LogP contribution in [0, 0.1) is 0 Å². The maximum Gasteiger partial charge on any atom is 0.414 e. The lowest BCUT2D eigenvalue weighted by atomic mass is 10.3. The highest BCUT2D eigenvalue weighted by molar-refractivity contribution is 9.09. The summed E-state index contributed by atoms with van der Waals surface area (Å²) in [6, 6.07) is 7.91. The van der Waals surface area contributed by atoms with Gasteiger partial charge in [-0.15, -0.1) is 11.8 Å². The van der Waals surface area contributed by atoms with E-state index >= 15 is 0 Å². The molecule has 1 aromatic rings. The molecule has 5 heteroatoms. The van der Waals surface area contributed by atoms with Gasteiger partial charge in [0.05, 0.1) is 6.54 Å². The number of hydrogen-bond donors (Lipinski definition) is 0. The topological polar surface area (TPSA) is 29.5 Å². The fraction of sp³-hybridized carbons (Fsp3) is 0.364. The van der Waals surface area contributed by atoms with Gasteiger partial charge in [0.1, 0.15) is 6.10 Å². The first-order valence-corrected chi connectivity index (χ1v) is 7.27. The zero-order valence-electron chi connectivity index (χ0n) is 8.85. The van der Waals surface area contributed by atoms with Crippen LogP contribution in [0.15, 0.2) is 29.2 Å². The molecule has 3 nitrogen and oxygen atoms in total. The average Bonchev–Trinajstić information content (AvgIpc) is 2.71. The van der Waals surface area contributed by atoms with Crippen molar-refractivity contribution in [2.75, 3.05) is 23.0 Å². The summed E-state index contributed by atoms with van der Waals surface area (Å²) in [6.45, 7) is 0.613. The summed E-state index contributed by atoms with van der Waals surface area (Å²) in [7, 11) is 0. The van der Waals surface area contributed by atoms with Crippen molar-refractivity contribution in [2.24, 2.45) is 0 Å². The number of nitrogens with zero attached hydrogens (tertiary/aromatic N) is 1. The minimum atomic E-state index is -0.261. The lowest BCUT2D eigenvalue weighted by Crippen LogP contribution is -2.24. The normalized spacial score (nSPS) is 20.0. The molecule has 1 saturated heterocycles. The number of cyclic esters (lactones) is 1. The Morgan fingerprint density at radius 1 is 1.62 bits per heavy atom. The lowest BCUT2D eigenvalue weighted by molar-refractivity contribution is 0.152. The van der Waals surface area contributed by atoms with Crippen LogP contribution in [-0.2, 0) is 4.74 Å². The number of alkyl halides is 1. The first-order chi connectivity index (χ1) is 7.74. The van der Waals surface area contributed by atoms with Gasteiger partial charge in [-0.1, -0.05) is 22.0 Å². The molecule has 0 aromatic heterocycles. The number of thioether (sulfide) groups is 1. The number of benzene rings is 1. The Labute approximate surface area is 107 Å². The highest BCUT2D eigenvalue weighted by atomic mass is 79.9. The quantitative estimate of drug-likeness (QED) is 0.634. The van der Waals surface area contributed by atoms with Gasteiger partial charge >= 0.3 is 6.09 Å². The molecule has 0 bridgehead atoms. The number of halogens is 1. The van der Waals surface area contributed by atoms with Crippen LogP contribution in [0.4, 0.5) is 10.5 Å². The van der Waals surface area contributed by atoms with Gasteiger partial charge < -0.3 is 4.74 Å². The number of hydrogen-bond acceptors (Lipinski definition) is 3. The third-order valence-electron chi connectivity index (χ3n) is 2.41. The molecular weight excluding hydrogens is 290 g/mol. The predicted octanol–water partition coefficient (Wildman–Crippen LogP) is 3.13. The summed E-state index contributed by atoms with van der Waals surface area (Å²) in [6.07, 6.45) is 1.70. The molecule has 1 fully saturated rings. The Morgan fingerprint density at radius 3 is 3.06 bits per heavy atom. The van der Waals surface area contributed by atoms with E-state index in [2.05, 4.69) is 15.9 Å². The second kappa shape index (κ2) is 5.10. The highest BCUT2D eigenvalue weighted by Crippen LogP contribution is 2.26. The van der Waals surface area contributed by atoms with Crippen molar-refractivity contribution >= 4 is 39.5 Å². The smallest absolute Gasteiger partial charge is 0.414 e. The van der Waals surface area contributed by atoms with Crippen molar-refractivity contribution in [3.05, 3.63) is 24.3 Å². The molecule has 2 rings (SSSR count). The molecule has 1 aromatic carbocycles. The summed E-state index contributed by atoms with van der Waals surface area (Å²) >= 11 is 4.99. The zero-order chi connectivity index (χ0) is 11.5. The fourth-order valence-corrected chi connectivity index (χ4v) is 2.38. The van der Waals surface area contributed by atoms with Crippen LogP contribution in [0.2, 0.25) is 0 Å². The molecule has 1 amide bonds. The van der Waals surface area contributed by atoms with Gasteiger partial charge in [-0.05, 0) is 24.5 Å². The molecule has 0 aliphatic carbocycles. The summed E-state index contributed by atoms with van der Waals surface area (Å²) in [5.41, 5.74) is 0.903. The molecule has 1 aliphatic heterocycles. The molecule has 0 spiro atoms. The molecule has 0 radical (unpaired) electrons. The van der Waals surface area contributed by atoms with E-state index < -0.39 is 0 Å². The minimum absolute atomic E-state index is 0.0505. The number of amides is 1. The van der Waals surface area contributed by atoms with E-state index in [-0.39, 0.29) is 12.2 Å². The number of carbonyl (C=O) groups excluding carboxylic acids is 1. The summed E-state index contributed by atoms with van der Waals surface area (Å²) in [4.78, 5) is 14.4. The van der Waals surface area contributed by atoms with Gasteiger partial charge in [-0.2, -0.15) is 0 Å². The van der Waals surface area contributed by atoms with Crippen molar-refractivity contribution < 1.29 is 9.53 Å². The Morgan fingerprint density at radius 2 is 2.44 bits per heavy atom. The van der Waals surface area contributed by atoms with Crippen molar-refractivity contribution in [1.82, 2.24) is 0 Å². The molecule has 1 heterocycles. The van der Waals surface area contributed by atoms with Crippen LogP contribution >= 0.6 is 27.7 Å². The second-order valence-electron chi connectivity index (χ2n) is 3.47. The van der Waals surface area contributed by atoms with Crippen LogP contribution in [0.25, 0.3) is 0 Å². The molecule has 0 saturated carbocycles. The Hall–Kier alpha value is -0.680. The van der Waals surface area contributed by atoms with E-state index in [1.165, 1.54) is 0 Å². The van der Waals surface area contributed by atoms with Crippen LogP contribution in [-0.4, -0.2) is 30.3 Å². The number of rotatable bonds is 3. The van der Waals surface area contributed by atoms with Crippen LogP contribution in [0.3, 0.4) is 0 Å². The van der Waals surface area contributed by atoms with Gasteiger partial charge in [0, 0.05) is 15.9 Å². The molecule has 1 unspecified atom stereocenters. The van der Waals surface area contributed by atoms with E-state index in [1.807, 2.05) is 30.5 Å². The number of carbonyl (C=O) groups is 1. The summed E-state index contributed by atoms with van der Waals surface area (Å²) in [5, 5.41) is 0.678. The highest BCUT2D eigenvalue weighted by Gasteiger charge is 2.31. The lowest BCUT2D eigenvalue weighted by Gasteiger charge is -2.13. The average molecular weight is 302 g/mol. The van der Waals surface area contributed by atoms with Crippen molar-refractivity contribution in [3.8, 4) is 0 Å². The van der Waals surface area contributed by atoms with E-state index in [0.717, 1.165) is 10.6 Å². The third kappa shape index (κ3) is 2.35. The van der Waals surface area contributed by atoms with E-state index in [0.29, 0.717) is 11.9 Å². The van der Waals surface area contributed by atoms with Gasteiger partial charge in [-0.25, -0.2) is 4.79 Å². The molecule has 0 N–H and O–H groups in total. The summed E-state index contributed by atoms with van der Waals surface area (Å²) < 4.78 is 5.18. The third-order valence-corrected chi connectivity index (χ3v) is 3.86. The van der Waals surface area contributed by atoms with Gasteiger partial charge in [-0.3, -0.25) is 4.90 Å².